The third kappa shape index (κ3) is 8.81. The highest BCUT2D eigenvalue weighted by Crippen LogP contribution is 2.38. The van der Waals surface area contributed by atoms with Gasteiger partial charge in [0, 0.05) is 37.9 Å². The Morgan fingerprint density at radius 3 is 2.28 bits per heavy atom. The van der Waals surface area contributed by atoms with E-state index >= 15 is 0 Å². The van der Waals surface area contributed by atoms with Gasteiger partial charge >= 0.3 is 0 Å². The van der Waals surface area contributed by atoms with Crippen LogP contribution in [-0.2, 0) is 23.2 Å². The molecule has 2 aliphatic rings. The molecule has 3 aromatic rings. The largest absolute Gasteiger partial charge is 0.384 e. The Hall–Kier alpha value is -2.92. The fraction of sp³-hybridized carbons (Fsp3) is 0.487. The molecule has 0 amide bonds. The second-order valence-electron chi connectivity index (χ2n) is 13.5. The van der Waals surface area contributed by atoms with Crippen molar-refractivity contribution in [1.82, 2.24) is 4.90 Å². The van der Waals surface area contributed by atoms with E-state index in [1.54, 1.807) is 0 Å². The summed E-state index contributed by atoms with van der Waals surface area (Å²) >= 11 is 0. The maximum absolute atomic E-state index is 12.1. The Balaban J connectivity index is 1.16. The van der Waals surface area contributed by atoms with Gasteiger partial charge < -0.3 is 14.7 Å². The van der Waals surface area contributed by atoms with Gasteiger partial charge in [-0.3, -0.25) is 4.90 Å². The number of para-hydroxylation sites is 1. The lowest BCUT2D eigenvalue weighted by atomic mass is 9.78. The number of β-amino-alcohol motifs (C(OH)–C–C–N with tert-alkyl or cyclic N) is 1. The fourth-order valence-electron chi connectivity index (χ4n) is 7.11. The van der Waals surface area contributed by atoms with E-state index < -0.39 is 5.60 Å². The van der Waals surface area contributed by atoms with Crippen LogP contribution in [0.5, 0.6) is 0 Å². The number of allylic oxidation sites excluding steroid dienone is 2. The Bertz CT molecular complexity index is 1280. The molecule has 0 aliphatic carbocycles. The SMILES string of the molecule is CC(/C=C/Cc1ccccc1)Cc1ccc(C2(O)CC(CC(C)OC3CCN(c4ccccc4)C3)CN(C(C)C)C2)cc1. The fourth-order valence-corrected chi connectivity index (χ4v) is 7.11. The van der Waals surface area contributed by atoms with Crippen molar-refractivity contribution in [2.24, 2.45) is 11.8 Å². The minimum absolute atomic E-state index is 0.167. The molecule has 0 bridgehead atoms. The Morgan fingerprint density at radius 2 is 1.58 bits per heavy atom. The van der Waals surface area contributed by atoms with Crippen LogP contribution in [-0.4, -0.2) is 54.4 Å². The molecule has 0 saturated carbocycles. The monoisotopic (exact) mass is 580 g/mol. The maximum Gasteiger partial charge on any atom is 0.103 e. The van der Waals surface area contributed by atoms with Crippen LogP contribution in [0, 0.1) is 11.8 Å². The Labute approximate surface area is 260 Å². The van der Waals surface area contributed by atoms with Crippen molar-refractivity contribution in [2.75, 3.05) is 31.1 Å². The molecule has 5 atom stereocenters. The van der Waals surface area contributed by atoms with E-state index in [1.165, 1.54) is 16.8 Å². The molecule has 2 saturated heterocycles. The molecule has 3 aromatic carbocycles. The average molecular weight is 581 g/mol. The third-order valence-corrected chi connectivity index (χ3v) is 9.38. The molecule has 0 radical (unpaired) electrons. The minimum atomic E-state index is -0.843. The van der Waals surface area contributed by atoms with Crippen LogP contribution in [0.3, 0.4) is 0 Å². The van der Waals surface area contributed by atoms with Gasteiger partial charge in [-0.15, -0.1) is 0 Å². The van der Waals surface area contributed by atoms with Gasteiger partial charge in [-0.25, -0.2) is 0 Å². The number of likely N-dealkylation sites (tertiary alicyclic amines) is 1. The second kappa shape index (κ2) is 14.7. The van der Waals surface area contributed by atoms with Gasteiger partial charge in [0.25, 0.3) is 0 Å². The van der Waals surface area contributed by atoms with E-state index in [0.29, 0.717) is 24.4 Å². The standard InChI is InChI=1S/C39H52N2O2/c1-30(2)41-27-35(25-32(4)43-38-22-23-40(28-38)37-16-9-6-10-17-37)26-39(42,29-41)36-20-18-34(19-21-36)24-31(3)12-11-15-33-13-7-5-8-14-33/h5-14,16-21,30-32,35,38,42H,15,22-29H2,1-4H3/b12-11+. The molecule has 2 aliphatic heterocycles. The number of benzene rings is 3. The number of aliphatic hydroxyl groups is 1. The van der Waals surface area contributed by atoms with Crippen LogP contribution in [0.25, 0.3) is 0 Å². The van der Waals surface area contributed by atoms with E-state index in [9.17, 15) is 5.11 Å². The highest BCUT2D eigenvalue weighted by molar-refractivity contribution is 5.47. The number of ether oxygens (including phenoxy) is 1. The summed E-state index contributed by atoms with van der Waals surface area (Å²) in [5.41, 5.74) is 4.15. The molecule has 4 heteroatoms. The molecule has 43 heavy (non-hydrogen) atoms. The summed E-state index contributed by atoms with van der Waals surface area (Å²) in [6.07, 6.45) is 9.85. The molecule has 0 aromatic heterocycles. The molecular weight excluding hydrogens is 528 g/mol. The topological polar surface area (TPSA) is 35.9 Å². The summed E-state index contributed by atoms with van der Waals surface area (Å²) < 4.78 is 6.59. The molecule has 230 valence electrons. The van der Waals surface area contributed by atoms with Gasteiger partial charge in [0.2, 0.25) is 0 Å². The van der Waals surface area contributed by atoms with E-state index in [0.717, 1.165) is 57.3 Å². The third-order valence-electron chi connectivity index (χ3n) is 9.38. The summed E-state index contributed by atoms with van der Waals surface area (Å²) in [5, 5.41) is 12.1. The number of nitrogens with zero attached hydrogens (tertiary/aromatic N) is 2. The van der Waals surface area contributed by atoms with Gasteiger partial charge in [-0.05, 0) is 93.5 Å². The first kappa shape index (κ1) is 31.5. The van der Waals surface area contributed by atoms with Crippen molar-refractivity contribution < 1.29 is 9.84 Å². The van der Waals surface area contributed by atoms with Crippen molar-refractivity contribution in [3.8, 4) is 0 Å². The predicted octanol–water partition coefficient (Wildman–Crippen LogP) is 7.66. The first-order valence-corrected chi connectivity index (χ1v) is 16.5. The van der Waals surface area contributed by atoms with Crippen LogP contribution in [0.15, 0.2) is 97.1 Å². The first-order valence-electron chi connectivity index (χ1n) is 16.5. The Morgan fingerprint density at radius 1 is 0.884 bits per heavy atom. The van der Waals surface area contributed by atoms with Gasteiger partial charge in [0.15, 0.2) is 0 Å². The number of hydrogen-bond donors (Lipinski definition) is 1. The summed E-state index contributed by atoms with van der Waals surface area (Å²) in [6.45, 7) is 12.7. The van der Waals surface area contributed by atoms with Crippen LogP contribution in [0.1, 0.15) is 63.6 Å². The van der Waals surface area contributed by atoms with Crippen molar-refractivity contribution >= 4 is 5.69 Å². The minimum Gasteiger partial charge on any atom is -0.384 e. The summed E-state index contributed by atoms with van der Waals surface area (Å²) in [7, 11) is 0. The molecule has 5 unspecified atom stereocenters. The number of anilines is 1. The lowest BCUT2D eigenvalue weighted by molar-refractivity contribution is -0.0814. The smallest absolute Gasteiger partial charge is 0.103 e. The zero-order chi connectivity index (χ0) is 30.2. The first-order chi connectivity index (χ1) is 20.8. The van der Waals surface area contributed by atoms with Crippen LogP contribution in [0.4, 0.5) is 5.69 Å². The van der Waals surface area contributed by atoms with Gasteiger partial charge in [-0.1, -0.05) is 91.9 Å². The molecule has 5 rings (SSSR count). The Kier molecular flexibility index (Phi) is 10.8. The lowest BCUT2D eigenvalue weighted by Crippen LogP contribution is -2.52. The summed E-state index contributed by atoms with van der Waals surface area (Å²) in [6, 6.07) is 30.5. The van der Waals surface area contributed by atoms with Gasteiger partial charge in [0.1, 0.15) is 5.60 Å². The molecule has 1 N–H and O–H groups in total. The normalized spacial score (nSPS) is 24.6. The quantitative estimate of drug-likeness (QED) is 0.223. The van der Waals surface area contributed by atoms with Crippen molar-refractivity contribution in [3.63, 3.8) is 0 Å². The summed E-state index contributed by atoms with van der Waals surface area (Å²) in [4.78, 5) is 4.89. The molecule has 2 heterocycles. The van der Waals surface area contributed by atoms with Crippen molar-refractivity contribution in [2.45, 2.75) is 83.6 Å². The zero-order valence-corrected chi connectivity index (χ0v) is 26.7. The van der Waals surface area contributed by atoms with E-state index in [2.05, 4.69) is 135 Å². The predicted molar refractivity (Wildman–Crippen MR) is 180 cm³/mol. The van der Waals surface area contributed by atoms with Crippen molar-refractivity contribution in [3.05, 3.63) is 114 Å². The van der Waals surface area contributed by atoms with Crippen LogP contribution < -0.4 is 4.90 Å². The molecular formula is C39H52N2O2. The number of piperidine rings is 1. The highest BCUT2D eigenvalue weighted by Gasteiger charge is 2.41. The molecule has 4 nitrogen and oxygen atoms in total. The van der Waals surface area contributed by atoms with Crippen LogP contribution >= 0.6 is 0 Å². The molecule has 0 spiro atoms. The summed E-state index contributed by atoms with van der Waals surface area (Å²) in [5.74, 6) is 0.853. The highest BCUT2D eigenvalue weighted by atomic mass is 16.5. The second-order valence-corrected chi connectivity index (χ2v) is 13.5. The zero-order valence-electron chi connectivity index (χ0n) is 26.7. The van der Waals surface area contributed by atoms with E-state index in [-0.39, 0.29) is 12.2 Å². The van der Waals surface area contributed by atoms with Crippen molar-refractivity contribution in [1.29, 1.82) is 0 Å². The molecule has 2 fully saturated rings. The van der Waals surface area contributed by atoms with Gasteiger partial charge in [0.05, 0.1) is 12.2 Å². The average Bonchev–Trinajstić information content (AvgIpc) is 3.46. The van der Waals surface area contributed by atoms with Gasteiger partial charge in [-0.2, -0.15) is 0 Å². The van der Waals surface area contributed by atoms with E-state index in [4.69, 9.17) is 4.74 Å². The number of hydrogen-bond acceptors (Lipinski definition) is 4. The maximum atomic E-state index is 12.1. The van der Waals surface area contributed by atoms with Crippen LogP contribution in [0.2, 0.25) is 0 Å². The number of rotatable bonds is 12. The lowest BCUT2D eigenvalue weighted by Gasteiger charge is -2.46. The van der Waals surface area contributed by atoms with E-state index in [1.807, 2.05) is 0 Å².